The Hall–Kier alpha value is -1.97. The molecule has 1 aromatic heterocycles. The number of nitrogens with one attached hydrogen (secondary N) is 1. The fourth-order valence-electron chi connectivity index (χ4n) is 3.04. The molecule has 0 aliphatic heterocycles. The Bertz CT molecular complexity index is 590. The normalized spacial score (nSPS) is 14.5. The molecule has 20 heavy (non-hydrogen) atoms. The van der Waals surface area contributed by atoms with E-state index in [0.29, 0.717) is 6.04 Å². The van der Waals surface area contributed by atoms with Crippen molar-refractivity contribution in [3.8, 4) is 0 Å². The van der Waals surface area contributed by atoms with E-state index in [0.717, 1.165) is 42.9 Å². The highest BCUT2D eigenvalue weighted by atomic mass is 15.3. The topological polar surface area (TPSA) is 55.9 Å². The van der Waals surface area contributed by atoms with E-state index >= 15 is 0 Å². The van der Waals surface area contributed by atoms with Crippen molar-refractivity contribution in [3.63, 3.8) is 0 Å². The minimum absolute atomic E-state index is 0.416. The summed E-state index contributed by atoms with van der Waals surface area (Å²) in [6.45, 7) is 2.15. The minimum Gasteiger partial charge on any atom is -0.394 e. The minimum atomic E-state index is 0.416. The number of aryl methyl sites for hydroxylation is 2. The second-order valence-corrected chi connectivity index (χ2v) is 5.60. The van der Waals surface area contributed by atoms with Crippen LogP contribution in [0.25, 0.3) is 0 Å². The molecule has 0 fully saturated rings. The Kier molecular flexibility index (Phi) is 3.38. The maximum absolute atomic E-state index is 6.23. The highest BCUT2D eigenvalue weighted by Gasteiger charge is 2.23. The molecule has 0 saturated carbocycles. The van der Waals surface area contributed by atoms with Gasteiger partial charge in [-0.05, 0) is 30.4 Å². The number of nitrogens with two attached hydrogens (primary N) is 1. The molecular formula is C16H22N4. The molecule has 3 N–H and O–H groups in total. The first-order valence-electron chi connectivity index (χ1n) is 7.33. The van der Waals surface area contributed by atoms with Gasteiger partial charge < -0.3 is 11.1 Å². The first-order chi connectivity index (χ1) is 9.69. The molecule has 0 bridgehead atoms. The molecular weight excluding hydrogens is 248 g/mol. The van der Waals surface area contributed by atoms with Crippen LogP contribution in [0.1, 0.15) is 30.2 Å². The van der Waals surface area contributed by atoms with Gasteiger partial charge in [-0.3, -0.25) is 4.68 Å². The van der Waals surface area contributed by atoms with Gasteiger partial charge in [-0.1, -0.05) is 37.6 Å². The molecule has 0 spiro atoms. The number of benzene rings is 1. The molecule has 4 nitrogen and oxygen atoms in total. The fourth-order valence-corrected chi connectivity index (χ4v) is 3.04. The van der Waals surface area contributed by atoms with Gasteiger partial charge in [-0.15, -0.1) is 0 Å². The molecule has 0 radical (unpaired) electrons. The van der Waals surface area contributed by atoms with Crippen LogP contribution in [-0.2, 0) is 26.3 Å². The summed E-state index contributed by atoms with van der Waals surface area (Å²) in [5.74, 6) is 0.964. The van der Waals surface area contributed by atoms with E-state index in [-0.39, 0.29) is 0 Å². The first-order valence-corrected chi connectivity index (χ1v) is 7.33. The number of rotatable bonds is 4. The molecule has 0 amide bonds. The lowest BCUT2D eigenvalue weighted by molar-refractivity contribution is 0.708. The zero-order valence-corrected chi connectivity index (χ0v) is 12.2. The van der Waals surface area contributed by atoms with Gasteiger partial charge in [-0.2, -0.15) is 5.10 Å². The van der Waals surface area contributed by atoms with Gasteiger partial charge in [0.2, 0.25) is 0 Å². The van der Waals surface area contributed by atoms with Crippen molar-refractivity contribution in [3.05, 3.63) is 41.1 Å². The lowest BCUT2D eigenvalue weighted by atomic mass is 10.1. The zero-order chi connectivity index (χ0) is 14.1. The smallest absolute Gasteiger partial charge is 0.148 e. The summed E-state index contributed by atoms with van der Waals surface area (Å²) >= 11 is 0. The predicted octanol–water partition coefficient (Wildman–Crippen LogP) is 2.53. The quantitative estimate of drug-likeness (QED) is 0.897. The number of hydrogen-bond donors (Lipinski definition) is 2. The second kappa shape index (κ2) is 5.19. The molecule has 0 unspecified atom stereocenters. The SMILES string of the molecule is CCCc1nn(C)c(NC2Cc3ccccc3C2)c1N. The third-order valence-corrected chi connectivity index (χ3v) is 4.04. The average Bonchev–Trinajstić information content (AvgIpc) is 2.95. The third-order valence-electron chi connectivity index (χ3n) is 4.04. The van der Waals surface area contributed by atoms with Crippen LogP contribution in [-0.4, -0.2) is 15.8 Å². The van der Waals surface area contributed by atoms with Crippen molar-refractivity contribution in [2.75, 3.05) is 11.1 Å². The van der Waals surface area contributed by atoms with Gasteiger partial charge in [0.1, 0.15) is 5.82 Å². The maximum atomic E-state index is 6.23. The molecule has 3 rings (SSSR count). The van der Waals surface area contributed by atoms with Crippen LogP contribution in [0.2, 0.25) is 0 Å². The molecule has 4 heteroatoms. The average molecular weight is 270 g/mol. The van der Waals surface area contributed by atoms with E-state index in [1.807, 2.05) is 11.7 Å². The summed E-state index contributed by atoms with van der Waals surface area (Å²) in [4.78, 5) is 0. The first kappa shape index (κ1) is 13.0. The summed E-state index contributed by atoms with van der Waals surface area (Å²) in [6.07, 6.45) is 4.12. The maximum Gasteiger partial charge on any atom is 0.148 e. The van der Waals surface area contributed by atoms with Gasteiger partial charge in [0.25, 0.3) is 0 Å². The molecule has 1 aliphatic rings. The fraction of sp³-hybridized carbons (Fsp3) is 0.438. The van der Waals surface area contributed by atoms with Gasteiger partial charge >= 0.3 is 0 Å². The summed E-state index contributed by atoms with van der Waals surface area (Å²) in [6, 6.07) is 9.07. The summed E-state index contributed by atoms with van der Waals surface area (Å²) in [5.41, 5.74) is 10.9. The third kappa shape index (κ3) is 2.26. The molecule has 106 valence electrons. The van der Waals surface area contributed by atoms with Crippen LogP contribution in [0, 0.1) is 0 Å². The molecule has 1 aromatic carbocycles. The lowest BCUT2D eigenvalue weighted by Gasteiger charge is -2.14. The predicted molar refractivity (Wildman–Crippen MR) is 82.9 cm³/mol. The molecule has 1 aliphatic carbocycles. The van der Waals surface area contributed by atoms with Crippen molar-refractivity contribution < 1.29 is 0 Å². The van der Waals surface area contributed by atoms with Crippen LogP contribution in [0.15, 0.2) is 24.3 Å². The summed E-state index contributed by atoms with van der Waals surface area (Å²) in [5, 5.41) is 8.10. The van der Waals surface area contributed by atoms with Gasteiger partial charge in [0.05, 0.1) is 11.4 Å². The largest absolute Gasteiger partial charge is 0.394 e. The number of nitrogens with zero attached hydrogens (tertiary/aromatic N) is 2. The Morgan fingerprint density at radius 1 is 1.30 bits per heavy atom. The number of anilines is 2. The van der Waals surface area contributed by atoms with E-state index in [4.69, 9.17) is 5.73 Å². The van der Waals surface area contributed by atoms with Crippen molar-refractivity contribution in [1.82, 2.24) is 9.78 Å². The highest BCUT2D eigenvalue weighted by Crippen LogP contribution is 2.28. The summed E-state index contributed by atoms with van der Waals surface area (Å²) < 4.78 is 1.88. The van der Waals surface area contributed by atoms with Gasteiger partial charge in [0, 0.05) is 13.1 Å². The van der Waals surface area contributed by atoms with Crippen LogP contribution in [0.4, 0.5) is 11.5 Å². The van der Waals surface area contributed by atoms with Crippen molar-refractivity contribution in [2.45, 2.75) is 38.6 Å². The lowest BCUT2D eigenvalue weighted by Crippen LogP contribution is -2.21. The van der Waals surface area contributed by atoms with Crippen molar-refractivity contribution in [1.29, 1.82) is 0 Å². The van der Waals surface area contributed by atoms with E-state index < -0.39 is 0 Å². The highest BCUT2D eigenvalue weighted by molar-refractivity contribution is 5.65. The Balaban J connectivity index is 1.77. The Morgan fingerprint density at radius 3 is 2.55 bits per heavy atom. The number of fused-ring (bicyclic) bond motifs is 1. The molecule has 2 aromatic rings. The summed E-state index contributed by atoms with van der Waals surface area (Å²) in [7, 11) is 1.96. The molecule has 0 atom stereocenters. The standard InChI is InChI=1S/C16H22N4/c1-3-6-14-15(17)16(20(2)19-14)18-13-9-11-7-4-5-8-12(11)10-13/h4-5,7-8,13,18H,3,6,9-10,17H2,1-2H3. The Labute approximate surface area is 120 Å². The van der Waals surface area contributed by atoms with Crippen LogP contribution in [0.3, 0.4) is 0 Å². The van der Waals surface area contributed by atoms with E-state index in [1.165, 1.54) is 11.1 Å². The van der Waals surface area contributed by atoms with Gasteiger partial charge in [0.15, 0.2) is 0 Å². The van der Waals surface area contributed by atoms with E-state index in [2.05, 4.69) is 41.6 Å². The van der Waals surface area contributed by atoms with E-state index in [9.17, 15) is 0 Å². The van der Waals surface area contributed by atoms with Crippen LogP contribution < -0.4 is 11.1 Å². The van der Waals surface area contributed by atoms with Crippen molar-refractivity contribution >= 4 is 11.5 Å². The van der Waals surface area contributed by atoms with Crippen LogP contribution in [0.5, 0.6) is 0 Å². The number of nitrogen functional groups attached to an aromatic ring is 1. The van der Waals surface area contributed by atoms with Crippen LogP contribution >= 0.6 is 0 Å². The van der Waals surface area contributed by atoms with E-state index in [1.54, 1.807) is 0 Å². The van der Waals surface area contributed by atoms with Crippen molar-refractivity contribution in [2.24, 2.45) is 7.05 Å². The monoisotopic (exact) mass is 270 g/mol. The Morgan fingerprint density at radius 2 is 1.95 bits per heavy atom. The number of aromatic nitrogens is 2. The van der Waals surface area contributed by atoms with Gasteiger partial charge in [-0.25, -0.2) is 0 Å². The zero-order valence-electron chi connectivity index (χ0n) is 12.2. The molecule has 0 saturated heterocycles. The molecule has 1 heterocycles. The number of hydrogen-bond acceptors (Lipinski definition) is 3. The second-order valence-electron chi connectivity index (χ2n) is 5.60.